The van der Waals surface area contributed by atoms with E-state index in [1.165, 1.54) is 24.2 Å². The monoisotopic (exact) mass is 214 g/mol. The van der Waals surface area contributed by atoms with E-state index in [1.54, 1.807) is 6.26 Å². The molecule has 1 aromatic rings. The summed E-state index contributed by atoms with van der Waals surface area (Å²) in [5.74, 6) is 1.20. The summed E-state index contributed by atoms with van der Waals surface area (Å²) in [6.45, 7) is 0. The second kappa shape index (κ2) is 3.02. The molecule has 1 aromatic heterocycles. The molecular formula is C9H11BrO. The molecule has 0 saturated carbocycles. The smallest absolute Gasteiger partial charge is 0.106 e. The Balaban J connectivity index is 2.26. The third kappa shape index (κ3) is 1.51. The van der Waals surface area contributed by atoms with E-state index >= 15 is 0 Å². The fourth-order valence-electron chi connectivity index (χ4n) is 1.59. The van der Waals surface area contributed by atoms with Crippen molar-refractivity contribution >= 4 is 15.9 Å². The zero-order valence-corrected chi connectivity index (χ0v) is 7.93. The molecule has 60 valence electrons. The van der Waals surface area contributed by atoms with Gasteiger partial charge in [-0.3, -0.25) is 0 Å². The number of hydrogen-bond acceptors (Lipinski definition) is 1. The van der Waals surface area contributed by atoms with Crippen molar-refractivity contribution in [3.63, 3.8) is 0 Å². The van der Waals surface area contributed by atoms with Crippen LogP contribution in [0.25, 0.3) is 0 Å². The van der Waals surface area contributed by atoms with Gasteiger partial charge in [0.2, 0.25) is 0 Å². The van der Waals surface area contributed by atoms with Crippen molar-refractivity contribution in [3.8, 4) is 0 Å². The summed E-state index contributed by atoms with van der Waals surface area (Å²) in [4.78, 5) is 0.654. The van der Waals surface area contributed by atoms with E-state index in [1.807, 2.05) is 0 Å². The lowest BCUT2D eigenvalue weighted by Gasteiger charge is -2.01. The number of halogens is 1. The zero-order chi connectivity index (χ0) is 7.68. The minimum absolute atomic E-state index is 0.654. The molecule has 0 spiro atoms. The van der Waals surface area contributed by atoms with Gasteiger partial charge in [-0.05, 0) is 30.9 Å². The van der Waals surface area contributed by atoms with E-state index in [-0.39, 0.29) is 0 Å². The van der Waals surface area contributed by atoms with Crippen molar-refractivity contribution in [1.82, 2.24) is 0 Å². The molecule has 1 atom stereocenters. The summed E-state index contributed by atoms with van der Waals surface area (Å²) in [5.41, 5.74) is 1.39. The molecule has 0 aliphatic heterocycles. The maximum absolute atomic E-state index is 5.36. The van der Waals surface area contributed by atoms with Crippen LogP contribution >= 0.6 is 15.9 Å². The third-order valence-electron chi connectivity index (χ3n) is 2.20. The van der Waals surface area contributed by atoms with Crippen LogP contribution in [0.5, 0.6) is 0 Å². The fraction of sp³-hybridized carbons (Fsp3) is 0.556. The number of alkyl halides is 1. The zero-order valence-electron chi connectivity index (χ0n) is 6.35. The van der Waals surface area contributed by atoms with Crippen LogP contribution in [0.2, 0.25) is 0 Å². The Morgan fingerprint density at radius 3 is 3.36 bits per heavy atom. The Kier molecular flexibility index (Phi) is 2.03. The summed E-state index contributed by atoms with van der Waals surface area (Å²) >= 11 is 3.65. The Morgan fingerprint density at radius 2 is 2.45 bits per heavy atom. The van der Waals surface area contributed by atoms with E-state index in [4.69, 9.17) is 4.42 Å². The van der Waals surface area contributed by atoms with Gasteiger partial charge in [0.15, 0.2) is 0 Å². The molecule has 0 N–H and O–H groups in total. The highest BCUT2D eigenvalue weighted by Gasteiger charge is 2.15. The third-order valence-corrected chi connectivity index (χ3v) is 2.98. The van der Waals surface area contributed by atoms with Crippen LogP contribution in [-0.4, -0.2) is 4.83 Å². The quantitative estimate of drug-likeness (QED) is 0.479. The van der Waals surface area contributed by atoms with Gasteiger partial charge < -0.3 is 4.42 Å². The van der Waals surface area contributed by atoms with Gasteiger partial charge >= 0.3 is 0 Å². The second-order valence-corrected chi connectivity index (χ2v) is 4.36. The highest BCUT2D eigenvalue weighted by molar-refractivity contribution is 9.09. The van der Waals surface area contributed by atoms with Crippen LogP contribution in [0, 0.1) is 0 Å². The van der Waals surface area contributed by atoms with Crippen molar-refractivity contribution in [2.24, 2.45) is 0 Å². The van der Waals surface area contributed by atoms with E-state index in [0.29, 0.717) is 4.83 Å². The van der Waals surface area contributed by atoms with Crippen molar-refractivity contribution in [2.45, 2.75) is 30.5 Å². The topological polar surface area (TPSA) is 13.1 Å². The molecule has 1 aliphatic rings. The second-order valence-electron chi connectivity index (χ2n) is 3.06. The molecule has 1 aliphatic carbocycles. The lowest BCUT2D eigenvalue weighted by atomic mass is 10.1. The average molecular weight is 215 g/mol. The number of rotatable bonds is 0. The molecule has 11 heavy (non-hydrogen) atoms. The average Bonchev–Trinajstić information content (AvgIpc) is 2.31. The molecule has 1 nitrogen and oxygen atoms in total. The molecule has 0 amide bonds. The Labute approximate surface area is 74.9 Å². The fourth-order valence-corrected chi connectivity index (χ4v) is 2.27. The number of aryl methyl sites for hydroxylation is 1. The molecule has 0 bridgehead atoms. The van der Waals surface area contributed by atoms with Crippen molar-refractivity contribution in [2.75, 3.05) is 0 Å². The predicted molar refractivity (Wildman–Crippen MR) is 48.1 cm³/mol. The maximum Gasteiger partial charge on any atom is 0.106 e. The van der Waals surface area contributed by atoms with Gasteiger partial charge in [-0.1, -0.05) is 15.9 Å². The Hall–Kier alpha value is -0.240. The molecule has 0 aromatic carbocycles. The highest BCUT2D eigenvalue weighted by atomic mass is 79.9. The molecule has 0 fully saturated rings. The van der Waals surface area contributed by atoms with Gasteiger partial charge in [0.25, 0.3) is 0 Å². The van der Waals surface area contributed by atoms with Crippen LogP contribution in [0.15, 0.2) is 16.7 Å². The van der Waals surface area contributed by atoms with Gasteiger partial charge in [-0.25, -0.2) is 0 Å². The largest absolute Gasteiger partial charge is 0.469 e. The lowest BCUT2D eigenvalue weighted by molar-refractivity contribution is 0.502. The summed E-state index contributed by atoms with van der Waals surface area (Å²) in [5, 5.41) is 0. The normalized spacial score (nSPS) is 24.3. The van der Waals surface area contributed by atoms with Gasteiger partial charge in [0, 0.05) is 11.2 Å². The minimum atomic E-state index is 0.654. The van der Waals surface area contributed by atoms with E-state index < -0.39 is 0 Å². The van der Waals surface area contributed by atoms with Crippen molar-refractivity contribution in [1.29, 1.82) is 0 Å². The van der Waals surface area contributed by atoms with Crippen molar-refractivity contribution in [3.05, 3.63) is 23.7 Å². The van der Waals surface area contributed by atoms with Gasteiger partial charge in [0.1, 0.15) is 5.76 Å². The standard InChI is InChI=1S/C9H11BrO/c10-8-2-1-3-9-7(6-8)4-5-11-9/h4-5,8H,1-3,6H2. The SMILES string of the molecule is BrC1CCCc2occc2C1. The first kappa shape index (κ1) is 7.41. The summed E-state index contributed by atoms with van der Waals surface area (Å²) in [6.07, 6.45) is 6.56. The Bertz CT molecular complexity index is 241. The number of fused-ring (bicyclic) bond motifs is 1. The van der Waals surface area contributed by atoms with Gasteiger partial charge in [-0.15, -0.1) is 0 Å². The number of hydrogen-bond donors (Lipinski definition) is 0. The summed E-state index contributed by atoms with van der Waals surface area (Å²) in [7, 11) is 0. The molecule has 0 radical (unpaired) electrons. The maximum atomic E-state index is 5.36. The molecule has 0 saturated heterocycles. The minimum Gasteiger partial charge on any atom is -0.469 e. The Morgan fingerprint density at radius 1 is 1.55 bits per heavy atom. The molecule has 1 heterocycles. The van der Waals surface area contributed by atoms with Gasteiger partial charge in [-0.2, -0.15) is 0 Å². The van der Waals surface area contributed by atoms with E-state index in [2.05, 4.69) is 22.0 Å². The molecular weight excluding hydrogens is 204 g/mol. The predicted octanol–water partition coefficient (Wildman–Crippen LogP) is 2.92. The van der Waals surface area contributed by atoms with E-state index in [9.17, 15) is 0 Å². The molecule has 2 rings (SSSR count). The van der Waals surface area contributed by atoms with Crippen molar-refractivity contribution < 1.29 is 4.42 Å². The van der Waals surface area contributed by atoms with E-state index in [0.717, 1.165) is 12.8 Å². The number of furan rings is 1. The first-order valence-corrected chi connectivity index (χ1v) is 4.97. The molecule has 1 unspecified atom stereocenters. The van der Waals surface area contributed by atoms with Gasteiger partial charge in [0.05, 0.1) is 6.26 Å². The summed E-state index contributed by atoms with van der Waals surface area (Å²) < 4.78 is 5.36. The van der Waals surface area contributed by atoms with Crippen LogP contribution in [0.3, 0.4) is 0 Å². The molecule has 2 heteroatoms. The first-order valence-electron chi connectivity index (χ1n) is 4.05. The first-order chi connectivity index (χ1) is 5.36. The van der Waals surface area contributed by atoms with Crippen LogP contribution in [0.1, 0.15) is 24.2 Å². The highest BCUT2D eigenvalue weighted by Crippen LogP contribution is 2.25. The summed E-state index contributed by atoms with van der Waals surface area (Å²) in [6, 6.07) is 2.09. The van der Waals surface area contributed by atoms with Crippen LogP contribution in [0.4, 0.5) is 0 Å². The lowest BCUT2D eigenvalue weighted by Crippen LogP contribution is -1.98. The van der Waals surface area contributed by atoms with Crippen LogP contribution in [-0.2, 0) is 12.8 Å². The van der Waals surface area contributed by atoms with Crippen LogP contribution < -0.4 is 0 Å².